The molecule has 11 heteroatoms. The van der Waals surface area contributed by atoms with E-state index >= 15 is 0 Å². The minimum absolute atomic E-state index is 0.0893. The van der Waals surface area contributed by atoms with Crippen molar-refractivity contribution in [3.05, 3.63) is 12.3 Å². The van der Waals surface area contributed by atoms with Crippen LogP contribution in [0.5, 0.6) is 0 Å². The summed E-state index contributed by atoms with van der Waals surface area (Å²) in [5.74, 6) is -0.713. The summed E-state index contributed by atoms with van der Waals surface area (Å²) < 4.78 is 33.3. The molecule has 0 aromatic rings. The van der Waals surface area contributed by atoms with Crippen molar-refractivity contribution in [1.82, 2.24) is 9.99 Å². The minimum atomic E-state index is -4.06. The quantitative estimate of drug-likeness (QED) is 0.459. The SMILES string of the molecule is COCC12CO[C@H](C(N3C=CC(=O)CC3=O)O1)[C@H]2NP(=O)(O)OC. The Hall–Kier alpha value is -1.13. The van der Waals surface area contributed by atoms with Gasteiger partial charge in [0.15, 0.2) is 12.0 Å². The molecule has 134 valence electrons. The highest BCUT2D eigenvalue weighted by Crippen LogP contribution is 2.47. The van der Waals surface area contributed by atoms with Crippen LogP contribution in [0.2, 0.25) is 0 Å². The Morgan fingerprint density at radius 1 is 1.50 bits per heavy atom. The summed E-state index contributed by atoms with van der Waals surface area (Å²) in [5, 5.41) is 2.52. The number of amides is 1. The van der Waals surface area contributed by atoms with Crippen LogP contribution in [0.25, 0.3) is 0 Å². The minimum Gasteiger partial charge on any atom is -0.382 e. The molecule has 2 saturated heterocycles. The van der Waals surface area contributed by atoms with Gasteiger partial charge in [0.2, 0.25) is 5.91 Å². The highest BCUT2D eigenvalue weighted by Gasteiger charge is 2.64. The first-order valence-electron chi connectivity index (χ1n) is 7.29. The molecule has 1 amide bonds. The van der Waals surface area contributed by atoms with Crippen LogP contribution in [-0.2, 0) is 32.9 Å². The fourth-order valence-corrected chi connectivity index (χ4v) is 4.04. The third-order valence-electron chi connectivity index (χ3n) is 4.30. The zero-order valence-electron chi connectivity index (χ0n) is 13.2. The molecule has 3 rings (SSSR count). The van der Waals surface area contributed by atoms with Gasteiger partial charge < -0.3 is 23.6 Å². The fraction of sp³-hybridized carbons (Fsp3) is 0.692. The van der Waals surface area contributed by atoms with Gasteiger partial charge in [-0.1, -0.05) is 0 Å². The van der Waals surface area contributed by atoms with Crippen LogP contribution in [0, 0.1) is 0 Å². The molecular weight excluding hydrogens is 343 g/mol. The Balaban J connectivity index is 1.88. The van der Waals surface area contributed by atoms with Gasteiger partial charge in [0.25, 0.3) is 0 Å². The summed E-state index contributed by atoms with van der Waals surface area (Å²) in [6, 6.07) is -0.725. The largest absolute Gasteiger partial charge is 0.403 e. The van der Waals surface area contributed by atoms with Crippen molar-refractivity contribution >= 4 is 19.4 Å². The number of nitrogens with zero attached hydrogens (tertiary/aromatic N) is 1. The molecule has 0 aliphatic carbocycles. The molecule has 10 nitrogen and oxygen atoms in total. The Kier molecular flexibility index (Phi) is 4.65. The first kappa shape index (κ1) is 17.7. The number of hydrogen-bond donors (Lipinski definition) is 2. The average Bonchev–Trinajstić information content (AvgIpc) is 2.98. The van der Waals surface area contributed by atoms with Crippen molar-refractivity contribution in [3.8, 4) is 0 Å². The predicted molar refractivity (Wildman–Crippen MR) is 78.6 cm³/mol. The molecule has 2 fully saturated rings. The second-order valence-electron chi connectivity index (χ2n) is 5.85. The molecule has 3 aliphatic heterocycles. The molecule has 2 bridgehead atoms. The maximum absolute atomic E-state index is 12.1. The molecule has 3 aliphatic rings. The fourth-order valence-electron chi connectivity index (χ4n) is 3.20. The lowest BCUT2D eigenvalue weighted by molar-refractivity contribution is -0.202. The Morgan fingerprint density at radius 2 is 2.25 bits per heavy atom. The number of hydrogen-bond acceptors (Lipinski definition) is 7. The van der Waals surface area contributed by atoms with Crippen molar-refractivity contribution in [2.45, 2.75) is 30.4 Å². The third-order valence-corrected chi connectivity index (χ3v) is 5.40. The highest BCUT2D eigenvalue weighted by molar-refractivity contribution is 7.50. The number of rotatable bonds is 6. The lowest BCUT2D eigenvalue weighted by atomic mass is 9.98. The first-order valence-corrected chi connectivity index (χ1v) is 8.86. The molecule has 0 radical (unpaired) electrons. The van der Waals surface area contributed by atoms with E-state index < -0.39 is 37.6 Å². The number of nitrogens with one attached hydrogen (secondary N) is 1. The van der Waals surface area contributed by atoms with Crippen molar-refractivity contribution in [2.75, 3.05) is 27.4 Å². The van der Waals surface area contributed by atoms with Crippen LogP contribution in [0.1, 0.15) is 6.42 Å². The van der Waals surface area contributed by atoms with Gasteiger partial charge >= 0.3 is 7.75 Å². The zero-order valence-corrected chi connectivity index (χ0v) is 14.1. The molecular formula is C13H19N2O8P. The molecule has 0 spiro atoms. The monoisotopic (exact) mass is 362 g/mol. The lowest BCUT2D eigenvalue weighted by Crippen LogP contribution is -2.51. The van der Waals surface area contributed by atoms with Crippen LogP contribution in [0.3, 0.4) is 0 Å². The number of fused-ring (bicyclic) bond motifs is 2. The smallest absolute Gasteiger partial charge is 0.382 e. The van der Waals surface area contributed by atoms with E-state index in [-0.39, 0.29) is 25.4 Å². The van der Waals surface area contributed by atoms with E-state index in [1.807, 2.05) is 0 Å². The summed E-state index contributed by atoms with van der Waals surface area (Å²) in [6.45, 7) is 0.222. The van der Waals surface area contributed by atoms with Gasteiger partial charge in [-0.05, 0) is 6.08 Å². The van der Waals surface area contributed by atoms with Crippen LogP contribution in [0.15, 0.2) is 12.3 Å². The van der Waals surface area contributed by atoms with E-state index in [0.29, 0.717) is 0 Å². The normalized spacial score (nSPS) is 38.0. The summed E-state index contributed by atoms with van der Waals surface area (Å²) in [7, 11) is -1.48. The maximum atomic E-state index is 12.1. The van der Waals surface area contributed by atoms with Crippen molar-refractivity contribution in [2.24, 2.45) is 0 Å². The Bertz CT molecular complexity index is 625. The van der Waals surface area contributed by atoms with Crippen molar-refractivity contribution in [1.29, 1.82) is 0 Å². The topological polar surface area (TPSA) is 124 Å². The van der Waals surface area contributed by atoms with Gasteiger partial charge in [-0.2, -0.15) is 0 Å². The van der Waals surface area contributed by atoms with Gasteiger partial charge in [-0.3, -0.25) is 14.5 Å². The summed E-state index contributed by atoms with van der Waals surface area (Å²) in [6.07, 6.45) is 0.830. The van der Waals surface area contributed by atoms with Gasteiger partial charge in [-0.15, -0.1) is 0 Å². The first-order chi connectivity index (χ1) is 11.3. The molecule has 0 aromatic carbocycles. The average molecular weight is 362 g/mol. The molecule has 0 saturated carbocycles. The summed E-state index contributed by atoms with van der Waals surface area (Å²) in [5.41, 5.74) is -1.05. The Morgan fingerprint density at radius 3 is 2.88 bits per heavy atom. The number of ether oxygens (including phenoxy) is 3. The molecule has 0 aromatic heterocycles. The summed E-state index contributed by atoms with van der Waals surface area (Å²) >= 11 is 0. The Labute approximate surface area is 138 Å². The lowest BCUT2D eigenvalue weighted by Gasteiger charge is -2.35. The van der Waals surface area contributed by atoms with E-state index in [1.165, 1.54) is 24.3 Å². The van der Waals surface area contributed by atoms with E-state index in [1.54, 1.807) is 0 Å². The third kappa shape index (κ3) is 2.95. The van der Waals surface area contributed by atoms with Gasteiger partial charge in [0.05, 0.1) is 25.7 Å². The van der Waals surface area contributed by atoms with Crippen molar-refractivity contribution in [3.63, 3.8) is 0 Å². The van der Waals surface area contributed by atoms with E-state index in [0.717, 1.165) is 7.11 Å². The van der Waals surface area contributed by atoms with Crippen LogP contribution < -0.4 is 5.09 Å². The summed E-state index contributed by atoms with van der Waals surface area (Å²) in [4.78, 5) is 34.5. The van der Waals surface area contributed by atoms with E-state index in [2.05, 4.69) is 9.61 Å². The standard InChI is InChI=1S/C13H19N2O8P/c1-20-6-13-7-22-10(11(13)14-24(18,19)21-2)12(23-13)15-4-3-8(16)5-9(15)17/h3-4,10-12H,5-7H2,1-2H3,(H2,14,18,19)/t10-,11+,12?,13?/m0/s1. The number of methoxy groups -OCH3 is 1. The number of ketones is 1. The number of allylic oxidation sites excluding steroid dienone is 1. The van der Waals surface area contributed by atoms with Crippen LogP contribution in [0.4, 0.5) is 0 Å². The highest BCUT2D eigenvalue weighted by atomic mass is 31.2. The molecule has 3 heterocycles. The van der Waals surface area contributed by atoms with Gasteiger partial charge in [0.1, 0.15) is 11.7 Å². The van der Waals surface area contributed by atoms with E-state index in [9.17, 15) is 19.0 Å². The number of carbonyl (C=O) groups excluding carboxylic acids is 2. The second kappa shape index (κ2) is 6.30. The molecule has 3 unspecified atom stereocenters. The predicted octanol–water partition coefficient (Wildman–Crippen LogP) is -0.853. The second-order valence-corrected chi connectivity index (χ2v) is 7.52. The van der Waals surface area contributed by atoms with Crippen molar-refractivity contribution < 1.29 is 37.8 Å². The van der Waals surface area contributed by atoms with Gasteiger partial charge in [0, 0.05) is 20.4 Å². The molecule has 24 heavy (non-hydrogen) atoms. The maximum Gasteiger partial charge on any atom is 0.403 e. The number of carbonyl (C=O) groups is 2. The zero-order chi connectivity index (χ0) is 17.5. The van der Waals surface area contributed by atoms with Crippen LogP contribution in [-0.4, -0.2) is 72.9 Å². The molecule has 2 N–H and O–H groups in total. The molecule has 5 atom stereocenters. The van der Waals surface area contributed by atoms with Gasteiger partial charge in [-0.25, -0.2) is 9.65 Å². The van der Waals surface area contributed by atoms with Crippen LogP contribution >= 0.6 is 7.75 Å². The van der Waals surface area contributed by atoms with E-state index in [4.69, 9.17) is 14.2 Å².